The molecule has 1 unspecified atom stereocenters. The highest BCUT2D eigenvalue weighted by atomic mass is 32.2. The van der Waals surface area contributed by atoms with Crippen molar-refractivity contribution in [2.75, 3.05) is 25.9 Å². The second-order valence-corrected chi connectivity index (χ2v) is 11.1. The predicted octanol–water partition coefficient (Wildman–Crippen LogP) is 1.99. The highest BCUT2D eigenvalue weighted by molar-refractivity contribution is 7.88. The molecule has 0 spiro atoms. The summed E-state index contributed by atoms with van der Waals surface area (Å²) in [6.07, 6.45) is 10.9. The van der Waals surface area contributed by atoms with Crippen LogP contribution in [0.2, 0.25) is 0 Å². The Labute approximate surface area is 145 Å². The van der Waals surface area contributed by atoms with E-state index in [2.05, 4.69) is 5.32 Å². The summed E-state index contributed by atoms with van der Waals surface area (Å²) >= 11 is 0. The van der Waals surface area contributed by atoms with Crippen LogP contribution in [0.15, 0.2) is 0 Å². The van der Waals surface area contributed by atoms with Gasteiger partial charge in [-0.2, -0.15) is 0 Å². The van der Waals surface area contributed by atoms with Crippen LogP contribution in [0, 0.1) is 29.1 Å². The lowest BCUT2D eigenvalue weighted by Crippen LogP contribution is -2.52. The van der Waals surface area contributed by atoms with Crippen molar-refractivity contribution in [2.45, 2.75) is 51.4 Å². The Bertz CT molecular complexity index is 580. The van der Waals surface area contributed by atoms with Crippen molar-refractivity contribution in [3.8, 4) is 0 Å². The molecule has 1 atom stereocenters. The number of hydrogen-bond acceptors (Lipinski definition) is 3. The maximum atomic E-state index is 12.6. The molecule has 24 heavy (non-hydrogen) atoms. The van der Waals surface area contributed by atoms with Gasteiger partial charge in [0.05, 0.1) is 12.2 Å². The van der Waals surface area contributed by atoms with Crippen LogP contribution >= 0.6 is 0 Å². The van der Waals surface area contributed by atoms with Gasteiger partial charge in [0.1, 0.15) is 0 Å². The maximum absolute atomic E-state index is 12.6. The molecule has 0 radical (unpaired) electrons. The molecular formula is C18H30N2O3S. The van der Waals surface area contributed by atoms with Gasteiger partial charge in [-0.15, -0.1) is 0 Å². The van der Waals surface area contributed by atoms with Gasteiger partial charge in [-0.25, -0.2) is 12.7 Å². The number of sulfonamides is 1. The van der Waals surface area contributed by atoms with Gasteiger partial charge in [0, 0.05) is 19.6 Å². The number of nitrogens with zero attached hydrogens (tertiary/aromatic N) is 1. The fourth-order valence-electron chi connectivity index (χ4n) is 6.38. The van der Waals surface area contributed by atoms with Gasteiger partial charge in [-0.1, -0.05) is 0 Å². The van der Waals surface area contributed by atoms with Crippen LogP contribution < -0.4 is 5.32 Å². The SMILES string of the molecule is CS(=O)(=O)N1CCCC(C(=O)NCC23CC4CC(CC(C4)C2)C3)C1. The minimum Gasteiger partial charge on any atom is -0.355 e. The van der Waals surface area contributed by atoms with E-state index in [-0.39, 0.29) is 11.8 Å². The molecule has 5 rings (SSSR count). The van der Waals surface area contributed by atoms with Crippen LogP contribution in [0.5, 0.6) is 0 Å². The minimum absolute atomic E-state index is 0.0686. The third kappa shape index (κ3) is 3.24. The first-order chi connectivity index (χ1) is 11.3. The number of hydrogen-bond donors (Lipinski definition) is 1. The summed E-state index contributed by atoms with van der Waals surface area (Å²) in [6.45, 7) is 1.72. The first kappa shape index (κ1) is 16.8. The quantitative estimate of drug-likeness (QED) is 0.840. The predicted molar refractivity (Wildman–Crippen MR) is 92.8 cm³/mol. The fourth-order valence-corrected chi connectivity index (χ4v) is 7.29. The molecule has 1 amide bonds. The third-order valence-corrected chi connectivity index (χ3v) is 8.30. The minimum atomic E-state index is -3.19. The molecular weight excluding hydrogens is 324 g/mol. The van der Waals surface area contributed by atoms with Gasteiger partial charge < -0.3 is 5.32 Å². The first-order valence-corrected chi connectivity index (χ1v) is 11.4. The van der Waals surface area contributed by atoms with Crippen LogP contribution in [0.25, 0.3) is 0 Å². The molecule has 0 aromatic heterocycles. The molecule has 4 aliphatic carbocycles. The van der Waals surface area contributed by atoms with Gasteiger partial charge in [0.2, 0.25) is 15.9 Å². The van der Waals surface area contributed by atoms with Gasteiger partial charge in [0.15, 0.2) is 0 Å². The zero-order valence-corrected chi connectivity index (χ0v) is 15.5. The summed E-state index contributed by atoms with van der Waals surface area (Å²) in [5, 5.41) is 3.22. The lowest BCUT2D eigenvalue weighted by atomic mass is 9.49. The van der Waals surface area contributed by atoms with E-state index >= 15 is 0 Å². The Morgan fingerprint density at radius 1 is 1.12 bits per heavy atom. The van der Waals surface area contributed by atoms with E-state index in [0.717, 1.165) is 37.1 Å². The second kappa shape index (κ2) is 5.97. The monoisotopic (exact) mass is 354 g/mol. The van der Waals surface area contributed by atoms with Crippen LogP contribution in [0.3, 0.4) is 0 Å². The Balaban J connectivity index is 1.35. The Morgan fingerprint density at radius 3 is 2.25 bits per heavy atom. The maximum Gasteiger partial charge on any atom is 0.224 e. The Kier molecular flexibility index (Phi) is 4.19. The number of carbonyl (C=O) groups is 1. The molecule has 0 aromatic carbocycles. The Hall–Kier alpha value is -0.620. The molecule has 5 fully saturated rings. The van der Waals surface area contributed by atoms with Crippen molar-refractivity contribution in [2.24, 2.45) is 29.1 Å². The molecule has 5 aliphatic rings. The molecule has 5 nitrogen and oxygen atoms in total. The summed E-state index contributed by atoms with van der Waals surface area (Å²) in [6, 6.07) is 0. The van der Waals surface area contributed by atoms with Crippen molar-refractivity contribution in [3.63, 3.8) is 0 Å². The number of rotatable bonds is 4. The third-order valence-electron chi connectivity index (χ3n) is 7.03. The van der Waals surface area contributed by atoms with Crippen molar-refractivity contribution < 1.29 is 13.2 Å². The van der Waals surface area contributed by atoms with Crippen molar-refractivity contribution >= 4 is 15.9 Å². The number of piperidine rings is 1. The smallest absolute Gasteiger partial charge is 0.224 e. The summed E-state index contributed by atoms with van der Waals surface area (Å²) < 4.78 is 24.9. The highest BCUT2D eigenvalue weighted by Gasteiger charge is 2.50. The van der Waals surface area contributed by atoms with Crippen molar-refractivity contribution in [1.82, 2.24) is 9.62 Å². The van der Waals surface area contributed by atoms with Crippen LogP contribution in [0.1, 0.15) is 51.4 Å². The van der Waals surface area contributed by atoms with Crippen LogP contribution in [-0.4, -0.2) is 44.5 Å². The molecule has 1 aliphatic heterocycles. The molecule has 4 saturated carbocycles. The van der Waals surface area contributed by atoms with E-state index in [4.69, 9.17) is 0 Å². The van der Waals surface area contributed by atoms with Crippen molar-refractivity contribution in [1.29, 1.82) is 0 Å². The van der Waals surface area contributed by atoms with Crippen LogP contribution in [0.4, 0.5) is 0 Å². The van der Waals surface area contributed by atoms with E-state index in [0.29, 0.717) is 18.5 Å². The lowest BCUT2D eigenvalue weighted by Gasteiger charge is -2.57. The molecule has 4 bridgehead atoms. The summed E-state index contributed by atoms with van der Waals surface area (Å²) in [5.74, 6) is 2.57. The molecule has 136 valence electrons. The second-order valence-electron chi connectivity index (χ2n) is 9.10. The number of amides is 1. The zero-order chi connectivity index (χ0) is 16.9. The fraction of sp³-hybridized carbons (Fsp3) is 0.944. The van der Waals surface area contributed by atoms with E-state index in [1.165, 1.54) is 49.1 Å². The van der Waals surface area contributed by atoms with E-state index in [9.17, 15) is 13.2 Å². The van der Waals surface area contributed by atoms with E-state index < -0.39 is 10.0 Å². The summed E-state index contributed by atoms with van der Waals surface area (Å²) in [4.78, 5) is 12.6. The highest BCUT2D eigenvalue weighted by Crippen LogP contribution is 2.59. The van der Waals surface area contributed by atoms with Crippen molar-refractivity contribution in [3.05, 3.63) is 0 Å². The van der Waals surface area contributed by atoms with Crippen LogP contribution in [-0.2, 0) is 14.8 Å². The van der Waals surface area contributed by atoms with Gasteiger partial charge in [-0.3, -0.25) is 4.79 Å². The lowest BCUT2D eigenvalue weighted by molar-refractivity contribution is -0.128. The topological polar surface area (TPSA) is 66.5 Å². The average Bonchev–Trinajstić information content (AvgIpc) is 2.51. The summed E-state index contributed by atoms with van der Waals surface area (Å²) in [7, 11) is -3.19. The normalized spacial score (nSPS) is 42.2. The molecule has 0 aromatic rings. The zero-order valence-electron chi connectivity index (χ0n) is 14.7. The Morgan fingerprint density at radius 2 is 1.71 bits per heavy atom. The molecule has 6 heteroatoms. The van der Waals surface area contributed by atoms with Gasteiger partial charge in [-0.05, 0) is 74.5 Å². The average molecular weight is 355 g/mol. The molecule has 1 saturated heterocycles. The number of carbonyl (C=O) groups excluding carboxylic acids is 1. The largest absolute Gasteiger partial charge is 0.355 e. The van der Waals surface area contributed by atoms with E-state index in [1.807, 2.05) is 0 Å². The van der Waals surface area contributed by atoms with E-state index in [1.54, 1.807) is 0 Å². The summed E-state index contributed by atoms with van der Waals surface area (Å²) in [5.41, 5.74) is 0.343. The van der Waals surface area contributed by atoms with Gasteiger partial charge in [0.25, 0.3) is 0 Å². The number of nitrogens with one attached hydrogen (secondary N) is 1. The molecule has 1 heterocycles. The first-order valence-electron chi connectivity index (χ1n) is 9.56. The standard InChI is InChI=1S/C18H30N2O3S/c1-24(22,23)20-4-2-3-16(11-20)17(21)19-12-18-8-13-5-14(9-18)7-15(6-13)10-18/h13-16H,2-12H2,1H3,(H,19,21). The molecule has 1 N–H and O–H groups in total. The van der Waals surface area contributed by atoms with Gasteiger partial charge >= 0.3 is 0 Å².